The van der Waals surface area contributed by atoms with Gasteiger partial charge in [0.2, 0.25) is 5.95 Å². The number of aromatic nitrogens is 2. The fraction of sp³-hybridized carbons (Fsp3) is 0.500. The summed E-state index contributed by atoms with van der Waals surface area (Å²) in [6.45, 7) is 7.75. The van der Waals surface area contributed by atoms with Crippen molar-refractivity contribution in [2.24, 2.45) is 0 Å². The number of nitrogens with one attached hydrogen (secondary N) is 1. The molecule has 0 unspecified atom stereocenters. The summed E-state index contributed by atoms with van der Waals surface area (Å²) in [7, 11) is 0. The molecule has 26 heavy (non-hydrogen) atoms. The molecule has 0 atom stereocenters. The molecular formula is C20H29N5O. The van der Waals surface area contributed by atoms with Gasteiger partial charge in [-0.2, -0.15) is 4.98 Å². The first kappa shape index (κ1) is 18.6. The lowest BCUT2D eigenvalue weighted by Gasteiger charge is -2.26. The predicted molar refractivity (Wildman–Crippen MR) is 105 cm³/mol. The van der Waals surface area contributed by atoms with Crippen molar-refractivity contribution in [1.82, 2.24) is 14.9 Å². The zero-order valence-electron chi connectivity index (χ0n) is 15.6. The standard InChI is InChI=1S/C20H29N5O/c1-2-3-8-22-19-14-18(23-20(21)24-19)13-16-4-6-17(7-5-16)15-25-9-11-26-12-10-25/h4-7,14H,2-3,8-13,15H2,1H3,(H3,21,22,23,24). The van der Waals surface area contributed by atoms with Crippen LogP contribution in [0.4, 0.5) is 11.8 Å². The van der Waals surface area contributed by atoms with Crippen LogP contribution in [0.1, 0.15) is 36.6 Å². The van der Waals surface area contributed by atoms with Crippen LogP contribution >= 0.6 is 0 Å². The highest BCUT2D eigenvalue weighted by Gasteiger charge is 2.10. The topological polar surface area (TPSA) is 76.3 Å². The van der Waals surface area contributed by atoms with Gasteiger partial charge in [-0.15, -0.1) is 0 Å². The van der Waals surface area contributed by atoms with Gasteiger partial charge in [0.15, 0.2) is 0 Å². The number of unbranched alkanes of at least 4 members (excludes halogenated alkanes) is 1. The van der Waals surface area contributed by atoms with Crippen LogP contribution in [0.5, 0.6) is 0 Å². The summed E-state index contributed by atoms with van der Waals surface area (Å²) in [5, 5.41) is 3.32. The molecule has 1 saturated heterocycles. The monoisotopic (exact) mass is 355 g/mol. The molecule has 6 nitrogen and oxygen atoms in total. The van der Waals surface area contributed by atoms with Gasteiger partial charge in [-0.25, -0.2) is 4.98 Å². The second-order valence-corrected chi connectivity index (χ2v) is 6.76. The minimum Gasteiger partial charge on any atom is -0.379 e. The number of rotatable bonds is 8. The van der Waals surface area contributed by atoms with Crippen LogP contribution in [-0.2, 0) is 17.7 Å². The van der Waals surface area contributed by atoms with Gasteiger partial charge < -0.3 is 15.8 Å². The van der Waals surface area contributed by atoms with E-state index in [4.69, 9.17) is 10.5 Å². The molecule has 1 aromatic carbocycles. The molecule has 0 saturated carbocycles. The number of benzene rings is 1. The lowest BCUT2D eigenvalue weighted by molar-refractivity contribution is 0.0342. The number of morpholine rings is 1. The Hall–Kier alpha value is -2.18. The second-order valence-electron chi connectivity index (χ2n) is 6.76. The van der Waals surface area contributed by atoms with E-state index < -0.39 is 0 Å². The normalized spacial score (nSPS) is 15.1. The third kappa shape index (κ3) is 5.68. The summed E-state index contributed by atoms with van der Waals surface area (Å²) in [5.41, 5.74) is 9.37. The highest BCUT2D eigenvalue weighted by atomic mass is 16.5. The maximum Gasteiger partial charge on any atom is 0.222 e. The largest absolute Gasteiger partial charge is 0.379 e. The van der Waals surface area contributed by atoms with E-state index in [-0.39, 0.29) is 0 Å². The van der Waals surface area contributed by atoms with Gasteiger partial charge in [0, 0.05) is 38.7 Å². The number of hydrogen-bond donors (Lipinski definition) is 2. The molecule has 2 heterocycles. The summed E-state index contributed by atoms with van der Waals surface area (Å²) in [6, 6.07) is 10.8. The van der Waals surface area contributed by atoms with Crippen molar-refractivity contribution >= 4 is 11.8 Å². The first-order valence-electron chi connectivity index (χ1n) is 9.48. The molecule has 0 amide bonds. The van der Waals surface area contributed by atoms with E-state index in [1.54, 1.807) is 0 Å². The smallest absolute Gasteiger partial charge is 0.222 e. The molecule has 0 aliphatic carbocycles. The van der Waals surface area contributed by atoms with Crippen molar-refractivity contribution in [3.8, 4) is 0 Å². The van der Waals surface area contributed by atoms with Crippen molar-refractivity contribution in [2.75, 3.05) is 43.9 Å². The fourth-order valence-electron chi connectivity index (χ4n) is 3.08. The fourth-order valence-corrected chi connectivity index (χ4v) is 3.08. The Balaban J connectivity index is 1.59. The molecule has 140 valence electrons. The Morgan fingerprint density at radius 3 is 2.58 bits per heavy atom. The molecule has 1 fully saturated rings. The summed E-state index contributed by atoms with van der Waals surface area (Å²) in [6.07, 6.45) is 3.02. The predicted octanol–water partition coefficient (Wildman–Crippen LogP) is 2.69. The Morgan fingerprint density at radius 1 is 1.12 bits per heavy atom. The van der Waals surface area contributed by atoms with Crippen molar-refractivity contribution < 1.29 is 4.74 Å². The molecule has 0 bridgehead atoms. The second kappa shape index (κ2) is 9.50. The summed E-state index contributed by atoms with van der Waals surface area (Å²) in [5.74, 6) is 1.13. The Kier molecular flexibility index (Phi) is 6.80. The van der Waals surface area contributed by atoms with Crippen molar-refractivity contribution in [2.45, 2.75) is 32.7 Å². The van der Waals surface area contributed by atoms with Crippen molar-refractivity contribution in [3.05, 3.63) is 47.2 Å². The van der Waals surface area contributed by atoms with Crippen LogP contribution in [0.25, 0.3) is 0 Å². The zero-order valence-corrected chi connectivity index (χ0v) is 15.6. The van der Waals surface area contributed by atoms with Gasteiger partial charge in [-0.05, 0) is 17.5 Å². The number of nitrogens with zero attached hydrogens (tertiary/aromatic N) is 3. The SMILES string of the molecule is CCCCNc1cc(Cc2ccc(CN3CCOCC3)cc2)nc(N)n1. The molecule has 1 aliphatic rings. The molecule has 2 aromatic rings. The van der Waals surface area contributed by atoms with E-state index in [1.165, 1.54) is 11.1 Å². The third-order valence-electron chi connectivity index (χ3n) is 4.55. The first-order valence-corrected chi connectivity index (χ1v) is 9.48. The maximum absolute atomic E-state index is 5.87. The lowest BCUT2D eigenvalue weighted by Crippen LogP contribution is -2.35. The quantitative estimate of drug-likeness (QED) is 0.709. The minimum absolute atomic E-state index is 0.324. The Morgan fingerprint density at radius 2 is 1.85 bits per heavy atom. The Labute approximate surface area is 155 Å². The van der Waals surface area contributed by atoms with Crippen molar-refractivity contribution in [3.63, 3.8) is 0 Å². The number of anilines is 2. The molecule has 3 N–H and O–H groups in total. The summed E-state index contributed by atoms with van der Waals surface area (Å²) in [4.78, 5) is 11.1. The van der Waals surface area contributed by atoms with Crippen molar-refractivity contribution in [1.29, 1.82) is 0 Å². The number of ether oxygens (including phenoxy) is 1. The van der Waals surface area contributed by atoms with Gasteiger partial charge >= 0.3 is 0 Å². The van der Waals surface area contributed by atoms with Crippen LogP contribution in [-0.4, -0.2) is 47.7 Å². The Bertz CT molecular complexity index is 683. The average Bonchev–Trinajstić information content (AvgIpc) is 2.64. The van der Waals surface area contributed by atoms with E-state index in [9.17, 15) is 0 Å². The van der Waals surface area contributed by atoms with E-state index in [0.717, 1.165) is 70.2 Å². The first-order chi connectivity index (χ1) is 12.7. The molecule has 1 aliphatic heterocycles. The van der Waals surface area contributed by atoms with Gasteiger partial charge in [0.05, 0.1) is 18.9 Å². The van der Waals surface area contributed by atoms with Crippen LogP contribution < -0.4 is 11.1 Å². The van der Waals surface area contributed by atoms with E-state index in [1.807, 2.05) is 6.07 Å². The van der Waals surface area contributed by atoms with Gasteiger partial charge in [0.1, 0.15) is 5.82 Å². The lowest BCUT2D eigenvalue weighted by atomic mass is 10.1. The van der Waals surface area contributed by atoms with E-state index >= 15 is 0 Å². The zero-order chi connectivity index (χ0) is 18.2. The van der Waals surface area contributed by atoms with E-state index in [0.29, 0.717) is 5.95 Å². The highest BCUT2D eigenvalue weighted by molar-refractivity contribution is 5.41. The molecular weight excluding hydrogens is 326 g/mol. The van der Waals surface area contributed by atoms with Crippen LogP contribution in [0, 0.1) is 0 Å². The maximum atomic E-state index is 5.87. The van der Waals surface area contributed by atoms with Crippen LogP contribution in [0.2, 0.25) is 0 Å². The highest BCUT2D eigenvalue weighted by Crippen LogP contribution is 2.15. The molecule has 3 rings (SSSR count). The minimum atomic E-state index is 0.324. The number of nitrogens with two attached hydrogens (primary N) is 1. The van der Waals surface area contributed by atoms with Gasteiger partial charge in [-0.3, -0.25) is 4.90 Å². The van der Waals surface area contributed by atoms with Gasteiger partial charge in [-0.1, -0.05) is 37.6 Å². The van der Waals surface area contributed by atoms with E-state index in [2.05, 4.69) is 51.4 Å². The molecule has 0 radical (unpaired) electrons. The summed E-state index contributed by atoms with van der Waals surface area (Å²) < 4.78 is 5.40. The molecule has 6 heteroatoms. The van der Waals surface area contributed by atoms with Crippen LogP contribution in [0.3, 0.4) is 0 Å². The number of nitrogen functional groups attached to an aromatic ring is 1. The number of hydrogen-bond acceptors (Lipinski definition) is 6. The van der Waals surface area contributed by atoms with Gasteiger partial charge in [0.25, 0.3) is 0 Å². The van der Waals surface area contributed by atoms with Crippen LogP contribution in [0.15, 0.2) is 30.3 Å². The summed E-state index contributed by atoms with van der Waals surface area (Å²) >= 11 is 0. The molecule has 1 aromatic heterocycles. The third-order valence-corrected chi connectivity index (χ3v) is 4.55. The molecule has 0 spiro atoms. The average molecular weight is 355 g/mol.